The van der Waals surface area contributed by atoms with Crippen LogP contribution in [0.5, 0.6) is 0 Å². The molecule has 2 N–H and O–H groups in total. The molecule has 0 amide bonds. The van der Waals surface area contributed by atoms with Gasteiger partial charge in [0, 0.05) is 23.6 Å². The third-order valence-electron chi connectivity index (χ3n) is 4.43. The van der Waals surface area contributed by atoms with Crippen molar-refractivity contribution in [3.8, 4) is 0 Å². The second kappa shape index (κ2) is 7.30. The number of methoxy groups -OCH3 is 1. The highest BCUT2D eigenvalue weighted by atomic mass is 16.5. The maximum atomic E-state index is 12.7. The van der Waals surface area contributed by atoms with Gasteiger partial charge in [-0.15, -0.1) is 0 Å². The molecular weight excluding hydrogens is 352 g/mol. The van der Waals surface area contributed by atoms with E-state index in [1.807, 2.05) is 0 Å². The minimum Gasteiger partial charge on any atom is -0.501 e. The van der Waals surface area contributed by atoms with Gasteiger partial charge in [-0.3, -0.25) is 14.4 Å². The molecule has 1 aromatic carbocycles. The molecule has 0 fully saturated rings. The van der Waals surface area contributed by atoms with Crippen LogP contribution >= 0.6 is 0 Å². The van der Waals surface area contributed by atoms with E-state index in [1.54, 1.807) is 25.1 Å². The van der Waals surface area contributed by atoms with Gasteiger partial charge < -0.3 is 19.4 Å². The lowest BCUT2D eigenvalue weighted by atomic mass is 9.85. The van der Waals surface area contributed by atoms with Crippen molar-refractivity contribution < 1.29 is 33.8 Å². The fourth-order valence-electron chi connectivity index (χ4n) is 2.95. The van der Waals surface area contributed by atoms with Gasteiger partial charge in [0.05, 0.1) is 24.5 Å². The first-order chi connectivity index (χ1) is 12.8. The molecule has 1 aliphatic carbocycles. The van der Waals surface area contributed by atoms with Crippen molar-refractivity contribution >= 4 is 23.4 Å². The topological polar surface area (TPSA) is 114 Å². The molecule has 27 heavy (non-hydrogen) atoms. The normalized spacial score (nSPS) is 19.6. The number of Topliss-reactive ketones (excluding diaryl/α,β-unsaturated/α-hetero) is 3. The van der Waals surface area contributed by atoms with Crippen LogP contribution < -0.4 is 0 Å². The number of furan rings is 1. The number of allylic oxidation sites excluding steroid dienone is 1. The Labute approximate surface area is 154 Å². The standard InChI is InChI=1S/C20H18O7/c1-10(26-2)8-14-15-12(9-13(21)17(23)18(15)24)20(27-14)19(25)16(22)11-6-4-3-5-7-11/h3-8,13,17,21,23H,9H2,1-2H3/b10-8+/t13-,17+/m0/s1. The van der Waals surface area contributed by atoms with E-state index >= 15 is 0 Å². The van der Waals surface area contributed by atoms with Crippen molar-refractivity contribution in [2.24, 2.45) is 0 Å². The van der Waals surface area contributed by atoms with Gasteiger partial charge in [0.1, 0.15) is 11.9 Å². The van der Waals surface area contributed by atoms with Gasteiger partial charge in [0.25, 0.3) is 5.78 Å². The van der Waals surface area contributed by atoms with Crippen LogP contribution in [-0.4, -0.2) is 46.9 Å². The second-order valence-electron chi connectivity index (χ2n) is 6.21. The van der Waals surface area contributed by atoms with Crippen LogP contribution in [0.3, 0.4) is 0 Å². The van der Waals surface area contributed by atoms with Crippen LogP contribution in [0.4, 0.5) is 0 Å². The third kappa shape index (κ3) is 3.34. The molecule has 1 aromatic heterocycles. The maximum absolute atomic E-state index is 12.7. The van der Waals surface area contributed by atoms with Gasteiger partial charge >= 0.3 is 0 Å². The Hall–Kier alpha value is -3.03. The lowest BCUT2D eigenvalue weighted by molar-refractivity contribution is 0.0173. The average Bonchev–Trinajstić information content (AvgIpc) is 3.03. The number of hydrogen-bond acceptors (Lipinski definition) is 7. The zero-order valence-corrected chi connectivity index (χ0v) is 14.8. The summed E-state index contributed by atoms with van der Waals surface area (Å²) in [5.74, 6) is -2.40. The molecule has 1 aliphatic rings. The van der Waals surface area contributed by atoms with Crippen LogP contribution in [0.25, 0.3) is 6.08 Å². The van der Waals surface area contributed by atoms with Crippen LogP contribution in [0.15, 0.2) is 40.5 Å². The Morgan fingerprint density at radius 2 is 1.85 bits per heavy atom. The molecule has 3 rings (SSSR count). The predicted molar refractivity (Wildman–Crippen MR) is 94.5 cm³/mol. The van der Waals surface area contributed by atoms with Crippen molar-refractivity contribution in [1.82, 2.24) is 0 Å². The van der Waals surface area contributed by atoms with Gasteiger partial charge in [-0.05, 0) is 6.92 Å². The van der Waals surface area contributed by atoms with E-state index in [4.69, 9.17) is 9.15 Å². The SMILES string of the molecule is CO/C(C)=C/c1oc(C(=O)C(=O)c2ccccc2)c2c1C(=O)[C@H](O)[C@@H](O)C2. The van der Waals surface area contributed by atoms with Crippen molar-refractivity contribution in [3.05, 3.63) is 64.3 Å². The summed E-state index contributed by atoms with van der Waals surface area (Å²) < 4.78 is 10.6. The van der Waals surface area contributed by atoms with Gasteiger partial charge in [-0.1, -0.05) is 30.3 Å². The number of carbonyl (C=O) groups is 3. The first-order valence-corrected chi connectivity index (χ1v) is 8.27. The lowest BCUT2D eigenvalue weighted by Gasteiger charge is -2.22. The van der Waals surface area contributed by atoms with E-state index in [0.29, 0.717) is 5.76 Å². The Morgan fingerprint density at radius 3 is 2.48 bits per heavy atom. The van der Waals surface area contributed by atoms with E-state index in [-0.39, 0.29) is 34.6 Å². The maximum Gasteiger partial charge on any atom is 0.268 e. The third-order valence-corrected chi connectivity index (χ3v) is 4.43. The molecule has 2 atom stereocenters. The number of aliphatic hydroxyl groups is 2. The fourth-order valence-corrected chi connectivity index (χ4v) is 2.95. The number of ether oxygens (including phenoxy) is 1. The molecule has 7 nitrogen and oxygen atoms in total. The zero-order chi connectivity index (χ0) is 19.7. The van der Waals surface area contributed by atoms with E-state index in [9.17, 15) is 24.6 Å². The highest BCUT2D eigenvalue weighted by Gasteiger charge is 2.41. The minimum absolute atomic E-state index is 0.00418. The first kappa shape index (κ1) is 18.8. The number of carbonyl (C=O) groups excluding carboxylic acids is 3. The molecular formula is C20H18O7. The van der Waals surface area contributed by atoms with Crippen LogP contribution in [0.2, 0.25) is 0 Å². The van der Waals surface area contributed by atoms with Gasteiger partial charge in [0.2, 0.25) is 5.78 Å². The molecule has 1 heterocycles. The quantitative estimate of drug-likeness (QED) is 0.469. The molecule has 140 valence electrons. The summed E-state index contributed by atoms with van der Waals surface area (Å²) in [6.45, 7) is 1.62. The highest BCUT2D eigenvalue weighted by Crippen LogP contribution is 2.33. The van der Waals surface area contributed by atoms with Gasteiger partial charge in [0.15, 0.2) is 11.5 Å². The van der Waals surface area contributed by atoms with Crippen LogP contribution in [0.1, 0.15) is 49.5 Å². The second-order valence-corrected chi connectivity index (χ2v) is 6.21. The lowest BCUT2D eigenvalue weighted by Crippen LogP contribution is -2.40. The van der Waals surface area contributed by atoms with E-state index in [0.717, 1.165) is 0 Å². The van der Waals surface area contributed by atoms with Crippen LogP contribution in [-0.2, 0) is 11.2 Å². The number of benzene rings is 1. The molecule has 0 unspecified atom stereocenters. The summed E-state index contributed by atoms with van der Waals surface area (Å²) in [6, 6.07) is 7.95. The molecule has 0 bridgehead atoms. The number of fused-ring (bicyclic) bond motifs is 1. The highest BCUT2D eigenvalue weighted by molar-refractivity contribution is 6.49. The zero-order valence-electron chi connectivity index (χ0n) is 14.8. The van der Waals surface area contributed by atoms with E-state index in [1.165, 1.54) is 25.3 Å². The number of aliphatic hydroxyl groups excluding tert-OH is 2. The van der Waals surface area contributed by atoms with Gasteiger partial charge in [-0.2, -0.15) is 0 Å². The molecule has 7 heteroatoms. The monoisotopic (exact) mass is 370 g/mol. The number of ketones is 3. The molecule has 0 saturated heterocycles. The summed E-state index contributed by atoms with van der Waals surface area (Å²) in [7, 11) is 1.42. The first-order valence-electron chi connectivity index (χ1n) is 8.27. The summed E-state index contributed by atoms with van der Waals surface area (Å²) in [5, 5.41) is 19.8. The van der Waals surface area contributed by atoms with Crippen molar-refractivity contribution in [2.75, 3.05) is 7.11 Å². The minimum atomic E-state index is -1.63. The summed E-state index contributed by atoms with van der Waals surface area (Å²) in [4.78, 5) is 37.7. The Bertz CT molecular complexity index is 937. The predicted octanol–water partition coefficient (Wildman–Crippen LogP) is 1.81. The molecule has 0 radical (unpaired) electrons. The molecule has 0 spiro atoms. The van der Waals surface area contributed by atoms with E-state index < -0.39 is 29.6 Å². The Balaban J connectivity index is 2.13. The van der Waals surface area contributed by atoms with E-state index in [2.05, 4.69) is 0 Å². The number of hydrogen-bond donors (Lipinski definition) is 2. The summed E-state index contributed by atoms with van der Waals surface area (Å²) in [5.41, 5.74) is 0.274. The molecule has 0 saturated carbocycles. The molecule has 0 aliphatic heterocycles. The van der Waals surface area contributed by atoms with Crippen LogP contribution in [0, 0.1) is 0 Å². The van der Waals surface area contributed by atoms with Gasteiger partial charge in [-0.25, -0.2) is 0 Å². The smallest absolute Gasteiger partial charge is 0.268 e. The largest absolute Gasteiger partial charge is 0.501 e. The van der Waals surface area contributed by atoms with Crippen molar-refractivity contribution in [1.29, 1.82) is 0 Å². The van der Waals surface area contributed by atoms with Crippen molar-refractivity contribution in [3.63, 3.8) is 0 Å². The summed E-state index contributed by atoms with van der Waals surface area (Å²) in [6.07, 6.45) is -1.81. The number of rotatable bonds is 5. The summed E-state index contributed by atoms with van der Waals surface area (Å²) >= 11 is 0. The van der Waals surface area contributed by atoms with Crippen molar-refractivity contribution in [2.45, 2.75) is 25.6 Å². The average molecular weight is 370 g/mol. The molecule has 2 aromatic rings. The fraction of sp³-hybridized carbons (Fsp3) is 0.250. The Morgan fingerprint density at radius 1 is 1.19 bits per heavy atom. The Kier molecular flexibility index (Phi) is 5.07.